The van der Waals surface area contributed by atoms with Crippen molar-refractivity contribution >= 4 is 27.6 Å². The fraction of sp³-hybridized carbons (Fsp3) is 0.235. The first-order valence-corrected chi connectivity index (χ1v) is 8.54. The quantitative estimate of drug-likeness (QED) is 0.685. The molecule has 0 aliphatic carbocycles. The Morgan fingerprint density at radius 3 is 2.96 bits per heavy atom. The highest BCUT2D eigenvalue weighted by atomic mass is 79.9. The van der Waals surface area contributed by atoms with Crippen LogP contribution in [-0.2, 0) is 6.54 Å². The van der Waals surface area contributed by atoms with Crippen LogP contribution in [0.5, 0.6) is 5.75 Å². The van der Waals surface area contributed by atoms with Crippen LogP contribution in [-0.4, -0.2) is 27.7 Å². The molecule has 1 unspecified atom stereocenters. The van der Waals surface area contributed by atoms with Gasteiger partial charge < -0.3 is 15.4 Å². The molecule has 130 valence electrons. The van der Waals surface area contributed by atoms with Crippen LogP contribution in [0.15, 0.2) is 47.1 Å². The van der Waals surface area contributed by atoms with Gasteiger partial charge in [-0.15, -0.1) is 10.2 Å². The third-order valence-electron chi connectivity index (χ3n) is 3.77. The summed E-state index contributed by atoms with van der Waals surface area (Å²) in [6.45, 7) is 2.24. The normalized spacial score (nSPS) is 12.0. The van der Waals surface area contributed by atoms with E-state index in [1.165, 1.54) is 0 Å². The number of halogens is 1. The molecule has 0 saturated carbocycles. The molecule has 0 bridgehead atoms. The van der Waals surface area contributed by atoms with Crippen LogP contribution in [0.1, 0.15) is 24.4 Å². The average molecular weight is 404 g/mol. The molecular formula is C17H18BrN5O2. The van der Waals surface area contributed by atoms with Crippen LogP contribution in [0.25, 0.3) is 5.65 Å². The summed E-state index contributed by atoms with van der Waals surface area (Å²) in [5.41, 5.74) is 1.67. The van der Waals surface area contributed by atoms with E-state index in [0.29, 0.717) is 12.4 Å². The molecule has 1 aromatic carbocycles. The van der Waals surface area contributed by atoms with Gasteiger partial charge in [-0.2, -0.15) is 0 Å². The molecule has 0 radical (unpaired) electrons. The molecule has 2 N–H and O–H groups in total. The number of carbonyl (C=O) groups is 1. The number of fused-ring (bicyclic) bond motifs is 1. The Bertz CT molecular complexity index is 896. The number of amides is 2. The maximum Gasteiger partial charge on any atom is 0.315 e. The van der Waals surface area contributed by atoms with Crippen molar-refractivity contribution in [2.24, 2.45) is 0 Å². The van der Waals surface area contributed by atoms with E-state index < -0.39 is 0 Å². The fourth-order valence-electron chi connectivity index (χ4n) is 2.46. The minimum Gasteiger partial charge on any atom is -0.497 e. The van der Waals surface area contributed by atoms with Gasteiger partial charge in [0.2, 0.25) is 0 Å². The molecular weight excluding hydrogens is 386 g/mol. The number of rotatable bonds is 5. The predicted molar refractivity (Wildman–Crippen MR) is 97.5 cm³/mol. The minimum atomic E-state index is -0.286. The van der Waals surface area contributed by atoms with Gasteiger partial charge in [0.15, 0.2) is 11.5 Å². The zero-order valence-corrected chi connectivity index (χ0v) is 15.4. The van der Waals surface area contributed by atoms with E-state index in [1.54, 1.807) is 7.11 Å². The number of carbonyl (C=O) groups excluding carboxylic acids is 1. The molecule has 0 saturated heterocycles. The summed E-state index contributed by atoms with van der Waals surface area (Å²) in [4.78, 5) is 12.2. The standard InChI is InChI=1S/C17H18BrN5O2/c1-11(16-22-21-15-5-3-4-8-23(15)16)20-17(24)19-10-12-9-13(25-2)6-7-14(12)18/h3-9,11H,10H2,1-2H3,(H2,19,20,24). The summed E-state index contributed by atoms with van der Waals surface area (Å²) in [5.74, 6) is 1.41. The highest BCUT2D eigenvalue weighted by Gasteiger charge is 2.15. The second kappa shape index (κ2) is 7.52. The lowest BCUT2D eigenvalue weighted by Gasteiger charge is -2.14. The third-order valence-corrected chi connectivity index (χ3v) is 4.54. The molecule has 3 rings (SSSR count). The van der Waals surface area contributed by atoms with Crippen LogP contribution in [0.2, 0.25) is 0 Å². The first kappa shape index (κ1) is 17.2. The molecule has 0 spiro atoms. The van der Waals surface area contributed by atoms with E-state index in [2.05, 4.69) is 36.8 Å². The summed E-state index contributed by atoms with van der Waals surface area (Å²) in [6, 6.07) is 10.7. The van der Waals surface area contributed by atoms with Gasteiger partial charge in [0, 0.05) is 17.2 Å². The number of hydrogen-bond acceptors (Lipinski definition) is 4. The van der Waals surface area contributed by atoms with Crippen molar-refractivity contribution in [2.45, 2.75) is 19.5 Å². The average Bonchev–Trinajstić information content (AvgIpc) is 3.05. The molecule has 2 aromatic heterocycles. The number of urea groups is 1. The van der Waals surface area contributed by atoms with Crippen molar-refractivity contribution in [3.63, 3.8) is 0 Å². The Morgan fingerprint density at radius 2 is 2.16 bits per heavy atom. The number of hydrogen-bond donors (Lipinski definition) is 2. The Morgan fingerprint density at radius 1 is 1.32 bits per heavy atom. The minimum absolute atomic E-state index is 0.282. The van der Waals surface area contributed by atoms with E-state index in [9.17, 15) is 4.79 Å². The lowest BCUT2D eigenvalue weighted by molar-refractivity contribution is 0.237. The van der Waals surface area contributed by atoms with Crippen molar-refractivity contribution in [3.8, 4) is 5.75 Å². The number of methoxy groups -OCH3 is 1. The van der Waals surface area contributed by atoms with Gasteiger partial charge in [0.25, 0.3) is 0 Å². The smallest absolute Gasteiger partial charge is 0.315 e. The molecule has 1 atom stereocenters. The van der Waals surface area contributed by atoms with E-state index in [4.69, 9.17) is 4.74 Å². The lowest BCUT2D eigenvalue weighted by atomic mass is 10.2. The molecule has 25 heavy (non-hydrogen) atoms. The zero-order valence-electron chi connectivity index (χ0n) is 13.9. The maximum absolute atomic E-state index is 12.2. The van der Waals surface area contributed by atoms with E-state index in [-0.39, 0.29) is 12.1 Å². The molecule has 0 aliphatic rings. The Labute approximate surface area is 153 Å². The van der Waals surface area contributed by atoms with Crippen molar-refractivity contribution < 1.29 is 9.53 Å². The van der Waals surface area contributed by atoms with Crippen molar-refractivity contribution in [2.75, 3.05) is 7.11 Å². The number of nitrogens with one attached hydrogen (secondary N) is 2. The van der Waals surface area contributed by atoms with Gasteiger partial charge in [-0.1, -0.05) is 22.0 Å². The molecule has 2 heterocycles. The first-order valence-electron chi connectivity index (χ1n) is 7.75. The first-order chi connectivity index (χ1) is 12.1. The van der Waals surface area contributed by atoms with E-state index in [0.717, 1.165) is 21.4 Å². The second-order valence-electron chi connectivity index (χ2n) is 5.49. The maximum atomic E-state index is 12.2. The highest BCUT2D eigenvalue weighted by Crippen LogP contribution is 2.22. The summed E-state index contributed by atoms with van der Waals surface area (Å²) >= 11 is 3.47. The molecule has 7 nitrogen and oxygen atoms in total. The number of ether oxygens (including phenoxy) is 1. The third kappa shape index (κ3) is 3.90. The summed E-state index contributed by atoms with van der Waals surface area (Å²) < 4.78 is 7.96. The Kier molecular flexibility index (Phi) is 5.18. The molecule has 2 amide bonds. The van der Waals surface area contributed by atoms with E-state index in [1.807, 2.05) is 53.9 Å². The summed E-state index contributed by atoms with van der Waals surface area (Å²) in [5, 5.41) is 14.0. The SMILES string of the molecule is COc1ccc(Br)c(CNC(=O)NC(C)c2nnc3ccccn23)c1. The van der Waals surface area contributed by atoms with Crippen LogP contribution < -0.4 is 15.4 Å². The van der Waals surface area contributed by atoms with Crippen LogP contribution in [0.4, 0.5) is 4.79 Å². The summed E-state index contributed by atoms with van der Waals surface area (Å²) in [6.07, 6.45) is 1.87. The number of aromatic nitrogens is 3. The molecule has 8 heteroatoms. The van der Waals surface area contributed by atoms with Crippen LogP contribution >= 0.6 is 15.9 Å². The number of nitrogens with zero attached hydrogens (tertiary/aromatic N) is 3. The van der Waals surface area contributed by atoms with Crippen LogP contribution in [0.3, 0.4) is 0 Å². The van der Waals surface area contributed by atoms with Crippen molar-refractivity contribution in [1.82, 2.24) is 25.2 Å². The topological polar surface area (TPSA) is 80.5 Å². The molecule has 0 aliphatic heterocycles. The van der Waals surface area contributed by atoms with Crippen molar-refractivity contribution in [3.05, 3.63) is 58.5 Å². The van der Waals surface area contributed by atoms with Gasteiger partial charge in [-0.05, 0) is 42.8 Å². The molecule has 3 aromatic rings. The van der Waals surface area contributed by atoms with Gasteiger partial charge in [0.1, 0.15) is 5.75 Å². The number of benzene rings is 1. The van der Waals surface area contributed by atoms with Gasteiger partial charge in [-0.3, -0.25) is 4.40 Å². The molecule has 0 fully saturated rings. The summed E-state index contributed by atoms with van der Waals surface area (Å²) in [7, 11) is 1.61. The van der Waals surface area contributed by atoms with Gasteiger partial charge in [-0.25, -0.2) is 4.79 Å². The second-order valence-corrected chi connectivity index (χ2v) is 6.35. The highest BCUT2D eigenvalue weighted by molar-refractivity contribution is 9.10. The monoisotopic (exact) mass is 403 g/mol. The largest absolute Gasteiger partial charge is 0.497 e. The predicted octanol–water partition coefficient (Wildman–Crippen LogP) is 3.06. The Hall–Kier alpha value is -2.61. The Balaban J connectivity index is 1.63. The van der Waals surface area contributed by atoms with Crippen LogP contribution in [0, 0.1) is 0 Å². The van der Waals surface area contributed by atoms with Gasteiger partial charge >= 0.3 is 6.03 Å². The lowest BCUT2D eigenvalue weighted by Crippen LogP contribution is -2.37. The van der Waals surface area contributed by atoms with E-state index >= 15 is 0 Å². The number of pyridine rings is 1. The van der Waals surface area contributed by atoms with Gasteiger partial charge in [0.05, 0.1) is 13.2 Å². The fourth-order valence-corrected chi connectivity index (χ4v) is 2.84. The zero-order chi connectivity index (χ0) is 17.8. The van der Waals surface area contributed by atoms with Crippen molar-refractivity contribution in [1.29, 1.82) is 0 Å².